The molecule has 0 saturated carbocycles. The lowest BCUT2D eigenvalue weighted by atomic mass is 9.98. The number of carbonyl (C=O) groups excluding carboxylic acids is 1. The molecular weight excluding hydrogens is 290 g/mol. The zero-order valence-corrected chi connectivity index (χ0v) is 12.8. The molecule has 1 saturated heterocycles. The fourth-order valence-electron chi connectivity index (χ4n) is 2.92. The Bertz CT molecular complexity index is 832. The van der Waals surface area contributed by atoms with Crippen LogP contribution in [0, 0.1) is 0 Å². The number of ether oxygens (including phenoxy) is 1. The van der Waals surface area contributed by atoms with Gasteiger partial charge in [-0.3, -0.25) is 4.79 Å². The summed E-state index contributed by atoms with van der Waals surface area (Å²) in [4.78, 5) is 22.3. The number of hydrogen-bond donors (Lipinski definition) is 1. The van der Waals surface area contributed by atoms with Crippen LogP contribution in [0.25, 0.3) is 11.0 Å². The molecule has 0 radical (unpaired) electrons. The predicted molar refractivity (Wildman–Crippen MR) is 87.7 cm³/mol. The maximum Gasteiger partial charge on any atom is 0.254 e. The van der Waals surface area contributed by atoms with Gasteiger partial charge in [0.2, 0.25) is 0 Å². The third-order valence-corrected chi connectivity index (χ3v) is 4.28. The van der Waals surface area contributed by atoms with E-state index in [1.807, 2.05) is 47.4 Å². The molecule has 0 aliphatic carbocycles. The first-order valence-corrected chi connectivity index (χ1v) is 7.62. The Kier molecular flexibility index (Phi) is 3.26. The van der Waals surface area contributed by atoms with Crippen LogP contribution in [0.3, 0.4) is 0 Å². The molecular formula is C18H17N3O2. The zero-order chi connectivity index (χ0) is 15.8. The van der Waals surface area contributed by atoms with Crippen LogP contribution in [0.1, 0.15) is 22.1 Å². The summed E-state index contributed by atoms with van der Waals surface area (Å²) in [7, 11) is 1.60. The van der Waals surface area contributed by atoms with E-state index in [1.54, 1.807) is 13.2 Å². The SMILES string of the molecule is COc1cccc(C(=O)N2CC(c3nc4ccccc4[nH]3)C2)c1. The molecule has 2 aromatic carbocycles. The van der Waals surface area contributed by atoms with Crippen molar-refractivity contribution in [2.24, 2.45) is 0 Å². The molecule has 0 spiro atoms. The highest BCUT2D eigenvalue weighted by atomic mass is 16.5. The van der Waals surface area contributed by atoms with Crippen molar-refractivity contribution in [2.75, 3.05) is 20.2 Å². The number of nitrogens with zero attached hydrogens (tertiary/aromatic N) is 2. The fourth-order valence-corrected chi connectivity index (χ4v) is 2.92. The number of rotatable bonds is 3. The second-order valence-corrected chi connectivity index (χ2v) is 5.78. The second-order valence-electron chi connectivity index (χ2n) is 5.78. The van der Waals surface area contributed by atoms with E-state index in [-0.39, 0.29) is 11.8 Å². The van der Waals surface area contributed by atoms with Gasteiger partial charge in [-0.2, -0.15) is 0 Å². The molecule has 1 fully saturated rings. The van der Waals surface area contributed by atoms with Gasteiger partial charge in [0, 0.05) is 18.7 Å². The topological polar surface area (TPSA) is 58.2 Å². The minimum atomic E-state index is 0.0382. The third kappa shape index (κ3) is 2.44. The summed E-state index contributed by atoms with van der Waals surface area (Å²) in [5.74, 6) is 1.97. The number of para-hydroxylation sites is 2. The Balaban J connectivity index is 1.47. The highest BCUT2D eigenvalue weighted by Crippen LogP contribution is 2.28. The molecule has 3 aromatic rings. The Morgan fingerprint density at radius 2 is 2.04 bits per heavy atom. The Morgan fingerprint density at radius 3 is 2.83 bits per heavy atom. The second kappa shape index (κ2) is 5.43. The van der Waals surface area contributed by atoms with E-state index in [4.69, 9.17) is 4.74 Å². The third-order valence-electron chi connectivity index (χ3n) is 4.28. The molecule has 0 bridgehead atoms. The summed E-state index contributed by atoms with van der Waals surface area (Å²) in [5, 5.41) is 0. The molecule has 1 aromatic heterocycles. The van der Waals surface area contributed by atoms with Gasteiger partial charge in [-0.15, -0.1) is 0 Å². The van der Waals surface area contributed by atoms with E-state index in [0.29, 0.717) is 24.4 Å². The van der Waals surface area contributed by atoms with Gasteiger partial charge in [-0.1, -0.05) is 18.2 Å². The number of nitrogens with one attached hydrogen (secondary N) is 1. The molecule has 1 aliphatic heterocycles. The number of likely N-dealkylation sites (tertiary alicyclic amines) is 1. The summed E-state index contributed by atoms with van der Waals surface area (Å²) >= 11 is 0. The minimum Gasteiger partial charge on any atom is -0.497 e. The van der Waals surface area contributed by atoms with Crippen LogP contribution >= 0.6 is 0 Å². The quantitative estimate of drug-likeness (QED) is 0.809. The summed E-state index contributed by atoms with van der Waals surface area (Å²) in [5.41, 5.74) is 2.67. The smallest absolute Gasteiger partial charge is 0.254 e. The van der Waals surface area contributed by atoms with Gasteiger partial charge in [0.05, 0.1) is 24.1 Å². The van der Waals surface area contributed by atoms with Gasteiger partial charge in [0.25, 0.3) is 5.91 Å². The highest BCUT2D eigenvalue weighted by Gasteiger charge is 2.34. The van der Waals surface area contributed by atoms with Crippen molar-refractivity contribution in [3.8, 4) is 5.75 Å². The number of H-pyrrole nitrogens is 1. The maximum absolute atomic E-state index is 12.5. The number of aromatic amines is 1. The van der Waals surface area contributed by atoms with Gasteiger partial charge in [0.1, 0.15) is 11.6 Å². The predicted octanol–water partition coefficient (Wildman–Crippen LogP) is 2.81. The van der Waals surface area contributed by atoms with E-state index >= 15 is 0 Å². The zero-order valence-electron chi connectivity index (χ0n) is 12.8. The number of imidazole rings is 1. The van der Waals surface area contributed by atoms with Crippen LogP contribution in [-0.2, 0) is 0 Å². The number of carbonyl (C=O) groups is 1. The van der Waals surface area contributed by atoms with E-state index in [1.165, 1.54) is 0 Å². The first-order chi connectivity index (χ1) is 11.2. The monoisotopic (exact) mass is 307 g/mol. The fraction of sp³-hybridized carbons (Fsp3) is 0.222. The normalized spacial score (nSPS) is 14.7. The molecule has 1 N–H and O–H groups in total. The van der Waals surface area contributed by atoms with Crippen molar-refractivity contribution in [2.45, 2.75) is 5.92 Å². The van der Waals surface area contributed by atoms with Crippen LogP contribution in [0.15, 0.2) is 48.5 Å². The molecule has 1 amide bonds. The molecule has 4 rings (SSSR count). The molecule has 0 unspecified atom stereocenters. The molecule has 1 aliphatic rings. The largest absolute Gasteiger partial charge is 0.497 e. The first-order valence-electron chi connectivity index (χ1n) is 7.62. The van der Waals surface area contributed by atoms with Crippen molar-refractivity contribution in [3.05, 3.63) is 59.9 Å². The summed E-state index contributed by atoms with van der Waals surface area (Å²) < 4.78 is 5.17. The average molecular weight is 307 g/mol. The number of benzene rings is 2. The minimum absolute atomic E-state index is 0.0382. The van der Waals surface area contributed by atoms with Crippen molar-refractivity contribution < 1.29 is 9.53 Å². The van der Waals surface area contributed by atoms with Crippen molar-refractivity contribution in [1.82, 2.24) is 14.9 Å². The van der Waals surface area contributed by atoms with Crippen LogP contribution in [0.5, 0.6) is 5.75 Å². The van der Waals surface area contributed by atoms with Crippen molar-refractivity contribution in [3.63, 3.8) is 0 Å². The lowest BCUT2D eigenvalue weighted by molar-refractivity contribution is 0.0595. The number of amides is 1. The highest BCUT2D eigenvalue weighted by molar-refractivity contribution is 5.95. The molecule has 23 heavy (non-hydrogen) atoms. The molecule has 0 atom stereocenters. The standard InChI is InChI=1S/C18H17N3O2/c1-23-14-6-4-5-12(9-14)18(22)21-10-13(11-21)17-19-15-7-2-3-8-16(15)20-17/h2-9,13H,10-11H2,1H3,(H,19,20). The lowest BCUT2D eigenvalue weighted by Crippen LogP contribution is -2.48. The first kappa shape index (κ1) is 13.8. The van der Waals surface area contributed by atoms with E-state index < -0.39 is 0 Å². The van der Waals surface area contributed by atoms with Gasteiger partial charge in [-0.25, -0.2) is 4.98 Å². The van der Waals surface area contributed by atoms with E-state index in [0.717, 1.165) is 16.9 Å². The van der Waals surface area contributed by atoms with Gasteiger partial charge in [0.15, 0.2) is 0 Å². The van der Waals surface area contributed by atoms with Crippen LogP contribution in [-0.4, -0.2) is 41.0 Å². The van der Waals surface area contributed by atoms with E-state index in [9.17, 15) is 4.79 Å². The van der Waals surface area contributed by atoms with Crippen molar-refractivity contribution >= 4 is 16.9 Å². The summed E-state index contributed by atoms with van der Waals surface area (Å²) in [6, 6.07) is 15.2. The number of methoxy groups -OCH3 is 1. The van der Waals surface area contributed by atoms with Gasteiger partial charge >= 0.3 is 0 Å². The number of fused-ring (bicyclic) bond motifs is 1. The van der Waals surface area contributed by atoms with Crippen LogP contribution in [0.4, 0.5) is 0 Å². The Morgan fingerprint density at radius 1 is 1.22 bits per heavy atom. The molecule has 5 heteroatoms. The average Bonchev–Trinajstić information content (AvgIpc) is 2.96. The number of aromatic nitrogens is 2. The Hall–Kier alpha value is -2.82. The van der Waals surface area contributed by atoms with E-state index in [2.05, 4.69) is 9.97 Å². The summed E-state index contributed by atoms with van der Waals surface area (Å²) in [6.45, 7) is 1.38. The van der Waals surface area contributed by atoms with Crippen LogP contribution < -0.4 is 4.74 Å². The summed E-state index contributed by atoms with van der Waals surface area (Å²) in [6.07, 6.45) is 0. The molecule has 2 heterocycles. The van der Waals surface area contributed by atoms with Crippen LogP contribution in [0.2, 0.25) is 0 Å². The molecule has 5 nitrogen and oxygen atoms in total. The lowest BCUT2D eigenvalue weighted by Gasteiger charge is -2.38. The van der Waals surface area contributed by atoms with Gasteiger partial charge < -0.3 is 14.6 Å². The Labute approximate surface area is 133 Å². The molecule has 116 valence electrons. The van der Waals surface area contributed by atoms with Crippen molar-refractivity contribution in [1.29, 1.82) is 0 Å². The maximum atomic E-state index is 12.5. The number of hydrogen-bond acceptors (Lipinski definition) is 3. The van der Waals surface area contributed by atoms with Gasteiger partial charge in [-0.05, 0) is 30.3 Å².